The molecule has 0 aliphatic rings. The summed E-state index contributed by atoms with van der Waals surface area (Å²) in [5, 5.41) is 15.4. The largest absolute Gasteiger partial charge is 0.409 e. The standard InChI is InChI=1S/C16H35N3O/c1-12(2)14(13(3)4)11-18-10-8-7-9-16(5,6)15(17)19-20/h12-14,18,20H,7-11H2,1-6H3,(H2,17,19). The van der Waals surface area contributed by atoms with Crippen LogP contribution in [0.15, 0.2) is 5.16 Å². The number of rotatable bonds is 10. The van der Waals surface area contributed by atoms with E-state index in [1.807, 2.05) is 13.8 Å². The lowest BCUT2D eigenvalue weighted by Gasteiger charge is -2.25. The van der Waals surface area contributed by atoms with Crippen LogP contribution in [0.4, 0.5) is 0 Å². The minimum Gasteiger partial charge on any atom is -0.409 e. The molecule has 4 heteroatoms. The zero-order valence-electron chi connectivity index (χ0n) is 14.2. The van der Waals surface area contributed by atoms with Crippen LogP contribution in [0.5, 0.6) is 0 Å². The van der Waals surface area contributed by atoms with E-state index in [4.69, 9.17) is 10.9 Å². The van der Waals surface area contributed by atoms with Crippen molar-refractivity contribution < 1.29 is 5.21 Å². The van der Waals surface area contributed by atoms with Gasteiger partial charge in [-0.25, -0.2) is 0 Å². The fraction of sp³-hybridized carbons (Fsp3) is 0.938. The van der Waals surface area contributed by atoms with Crippen molar-refractivity contribution >= 4 is 5.84 Å². The van der Waals surface area contributed by atoms with Crippen molar-refractivity contribution in [2.75, 3.05) is 13.1 Å². The maximum Gasteiger partial charge on any atom is 0.144 e. The number of hydrogen-bond donors (Lipinski definition) is 3. The Balaban J connectivity index is 3.83. The van der Waals surface area contributed by atoms with Gasteiger partial charge in [0.05, 0.1) is 0 Å². The lowest BCUT2D eigenvalue weighted by atomic mass is 9.85. The van der Waals surface area contributed by atoms with E-state index in [9.17, 15) is 0 Å². The molecular formula is C16H35N3O. The molecule has 0 spiro atoms. The predicted octanol–water partition coefficient (Wildman–Crippen LogP) is 3.45. The summed E-state index contributed by atoms with van der Waals surface area (Å²) in [6, 6.07) is 0. The molecule has 0 fully saturated rings. The second-order valence-electron chi connectivity index (χ2n) is 7.18. The molecule has 20 heavy (non-hydrogen) atoms. The fourth-order valence-corrected chi connectivity index (χ4v) is 2.59. The smallest absolute Gasteiger partial charge is 0.144 e. The van der Waals surface area contributed by atoms with E-state index in [0.29, 0.717) is 5.84 Å². The van der Waals surface area contributed by atoms with Gasteiger partial charge in [-0.3, -0.25) is 0 Å². The summed E-state index contributed by atoms with van der Waals surface area (Å²) >= 11 is 0. The van der Waals surface area contributed by atoms with Crippen LogP contribution >= 0.6 is 0 Å². The molecule has 0 saturated carbocycles. The molecule has 0 radical (unpaired) electrons. The van der Waals surface area contributed by atoms with Crippen molar-refractivity contribution in [3.05, 3.63) is 0 Å². The average Bonchev–Trinajstić information content (AvgIpc) is 2.35. The lowest BCUT2D eigenvalue weighted by molar-refractivity contribution is 0.275. The number of nitrogens with zero attached hydrogens (tertiary/aromatic N) is 1. The van der Waals surface area contributed by atoms with Crippen molar-refractivity contribution in [1.29, 1.82) is 0 Å². The van der Waals surface area contributed by atoms with Crippen LogP contribution in [0.25, 0.3) is 0 Å². The highest BCUT2D eigenvalue weighted by Crippen LogP contribution is 2.23. The number of nitrogens with one attached hydrogen (secondary N) is 1. The topological polar surface area (TPSA) is 70.6 Å². The zero-order valence-corrected chi connectivity index (χ0v) is 14.2. The summed E-state index contributed by atoms with van der Waals surface area (Å²) in [6.07, 6.45) is 3.16. The minimum absolute atomic E-state index is 0.215. The second-order valence-corrected chi connectivity index (χ2v) is 7.18. The monoisotopic (exact) mass is 285 g/mol. The lowest BCUT2D eigenvalue weighted by Crippen LogP contribution is -2.32. The first-order valence-electron chi connectivity index (χ1n) is 7.91. The van der Waals surface area contributed by atoms with Crippen LogP contribution in [-0.4, -0.2) is 24.1 Å². The Labute approximate surface area is 125 Å². The molecule has 0 aromatic carbocycles. The Kier molecular flexibility index (Phi) is 8.86. The molecule has 0 aromatic rings. The first kappa shape index (κ1) is 19.2. The van der Waals surface area contributed by atoms with Crippen LogP contribution in [0, 0.1) is 23.2 Å². The Morgan fingerprint density at radius 3 is 2.15 bits per heavy atom. The maximum atomic E-state index is 8.73. The highest BCUT2D eigenvalue weighted by Gasteiger charge is 2.22. The summed E-state index contributed by atoms with van der Waals surface area (Å²) < 4.78 is 0. The van der Waals surface area contributed by atoms with Gasteiger partial charge in [0, 0.05) is 5.41 Å². The summed E-state index contributed by atoms with van der Waals surface area (Å²) in [6.45, 7) is 15.4. The highest BCUT2D eigenvalue weighted by molar-refractivity contribution is 5.85. The van der Waals surface area contributed by atoms with Crippen LogP contribution in [0.3, 0.4) is 0 Å². The van der Waals surface area contributed by atoms with Gasteiger partial charge in [0.2, 0.25) is 0 Å². The summed E-state index contributed by atoms with van der Waals surface area (Å²) in [5.74, 6) is 2.51. The molecule has 4 N–H and O–H groups in total. The van der Waals surface area contributed by atoms with Crippen molar-refractivity contribution in [1.82, 2.24) is 5.32 Å². The number of amidine groups is 1. The Hall–Kier alpha value is -0.770. The Morgan fingerprint density at radius 2 is 1.70 bits per heavy atom. The fourth-order valence-electron chi connectivity index (χ4n) is 2.59. The molecule has 0 aliphatic carbocycles. The SMILES string of the molecule is CC(C)C(CNCCCCC(C)(C)C(N)=NO)C(C)C. The quantitative estimate of drug-likeness (QED) is 0.189. The molecule has 0 amide bonds. The van der Waals surface area contributed by atoms with E-state index in [-0.39, 0.29) is 5.41 Å². The third kappa shape index (κ3) is 7.13. The van der Waals surface area contributed by atoms with Crippen molar-refractivity contribution in [2.45, 2.75) is 60.8 Å². The van der Waals surface area contributed by atoms with Gasteiger partial charge in [0.25, 0.3) is 0 Å². The van der Waals surface area contributed by atoms with Gasteiger partial charge in [-0.05, 0) is 43.7 Å². The van der Waals surface area contributed by atoms with E-state index in [0.717, 1.165) is 50.1 Å². The second kappa shape index (κ2) is 9.22. The minimum atomic E-state index is -0.215. The zero-order chi connectivity index (χ0) is 15.8. The molecule has 0 aromatic heterocycles. The third-order valence-electron chi connectivity index (χ3n) is 4.30. The van der Waals surface area contributed by atoms with Crippen LogP contribution in [0.2, 0.25) is 0 Å². The first-order valence-corrected chi connectivity index (χ1v) is 7.91. The molecule has 0 unspecified atom stereocenters. The normalized spacial score (nSPS) is 13.8. The molecule has 0 heterocycles. The average molecular weight is 285 g/mol. The molecule has 120 valence electrons. The third-order valence-corrected chi connectivity index (χ3v) is 4.30. The molecule has 0 atom stereocenters. The van der Waals surface area contributed by atoms with Gasteiger partial charge in [-0.15, -0.1) is 0 Å². The number of oxime groups is 1. The van der Waals surface area contributed by atoms with Crippen molar-refractivity contribution in [3.63, 3.8) is 0 Å². The van der Waals surface area contributed by atoms with Crippen LogP contribution in [0.1, 0.15) is 60.8 Å². The van der Waals surface area contributed by atoms with E-state index in [2.05, 4.69) is 38.2 Å². The summed E-state index contributed by atoms with van der Waals surface area (Å²) in [5.41, 5.74) is 5.47. The van der Waals surface area contributed by atoms with E-state index >= 15 is 0 Å². The van der Waals surface area contributed by atoms with Gasteiger partial charge in [-0.1, -0.05) is 53.1 Å². The molecule has 0 rings (SSSR count). The Morgan fingerprint density at radius 1 is 1.15 bits per heavy atom. The predicted molar refractivity (Wildman–Crippen MR) is 87.1 cm³/mol. The molecular weight excluding hydrogens is 250 g/mol. The van der Waals surface area contributed by atoms with Gasteiger partial charge in [-0.2, -0.15) is 0 Å². The van der Waals surface area contributed by atoms with Gasteiger partial charge in [0.1, 0.15) is 5.84 Å². The van der Waals surface area contributed by atoms with Crippen molar-refractivity contribution in [2.24, 2.45) is 34.1 Å². The van der Waals surface area contributed by atoms with E-state index < -0.39 is 0 Å². The molecule has 4 nitrogen and oxygen atoms in total. The molecule has 0 saturated heterocycles. The van der Waals surface area contributed by atoms with E-state index in [1.165, 1.54) is 0 Å². The first-order chi connectivity index (χ1) is 9.22. The van der Waals surface area contributed by atoms with Crippen LogP contribution in [-0.2, 0) is 0 Å². The van der Waals surface area contributed by atoms with E-state index in [1.54, 1.807) is 0 Å². The van der Waals surface area contributed by atoms with Gasteiger partial charge < -0.3 is 16.3 Å². The summed E-state index contributed by atoms with van der Waals surface area (Å²) in [7, 11) is 0. The number of nitrogens with two attached hydrogens (primary N) is 1. The van der Waals surface area contributed by atoms with Crippen molar-refractivity contribution in [3.8, 4) is 0 Å². The maximum absolute atomic E-state index is 8.73. The summed E-state index contributed by atoms with van der Waals surface area (Å²) in [4.78, 5) is 0. The highest BCUT2D eigenvalue weighted by atomic mass is 16.4. The number of hydrogen-bond acceptors (Lipinski definition) is 3. The van der Waals surface area contributed by atoms with Crippen LogP contribution < -0.4 is 11.1 Å². The molecule has 0 bridgehead atoms. The number of unbranched alkanes of at least 4 members (excludes halogenated alkanes) is 1. The van der Waals surface area contributed by atoms with Gasteiger partial charge >= 0.3 is 0 Å². The molecule has 0 aliphatic heterocycles. The Bertz CT molecular complexity index is 277. The van der Waals surface area contributed by atoms with Gasteiger partial charge in [0.15, 0.2) is 0 Å².